The first kappa shape index (κ1) is 16.0. The minimum absolute atomic E-state index is 0.0933. The molecular formula is C19H20N2O. The number of hydrogen-bond donors (Lipinski definition) is 0. The Morgan fingerprint density at radius 3 is 2.50 bits per heavy atom. The minimum Gasteiger partial charge on any atom is -0.303 e. The van der Waals surface area contributed by atoms with Gasteiger partial charge in [0, 0.05) is 11.8 Å². The first-order chi connectivity index (χ1) is 10.6. The zero-order chi connectivity index (χ0) is 16.2. The van der Waals surface area contributed by atoms with Crippen LogP contribution in [0.2, 0.25) is 0 Å². The van der Waals surface area contributed by atoms with Crippen LogP contribution >= 0.6 is 0 Å². The molecule has 112 valence electrons. The molecule has 1 fully saturated rings. The van der Waals surface area contributed by atoms with Crippen molar-refractivity contribution < 1.29 is 4.79 Å². The number of rotatable bonds is 3. The molecule has 0 N–H and O–H groups in total. The van der Waals surface area contributed by atoms with Gasteiger partial charge in [0.25, 0.3) is 0 Å². The molecule has 3 heteroatoms. The molecule has 0 aromatic heterocycles. The van der Waals surface area contributed by atoms with E-state index < -0.39 is 5.41 Å². The van der Waals surface area contributed by atoms with Gasteiger partial charge >= 0.3 is 0 Å². The summed E-state index contributed by atoms with van der Waals surface area (Å²) in [4.78, 5) is 11.7. The quantitative estimate of drug-likeness (QED) is 0.482. The minimum atomic E-state index is -1.19. The highest BCUT2D eigenvalue weighted by Gasteiger charge is 2.48. The van der Waals surface area contributed by atoms with E-state index in [1.165, 1.54) is 0 Å². The molecule has 0 spiro atoms. The molecule has 0 bridgehead atoms. The van der Waals surface area contributed by atoms with Crippen LogP contribution < -0.4 is 0 Å². The van der Waals surface area contributed by atoms with E-state index in [0.717, 1.165) is 23.8 Å². The molecular weight excluding hydrogens is 272 g/mol. The lowest BCUT2D eigenvalue weighted by Gasteiger charge is -2.32. The lowest BCUT2D eigenvalue weighted by atomic mass is 9.65. The van der Waals surface area contributed by atoms with Crippen molar-refractivity contribution in [2.45, 2.75) is 32.1 Å². The predicted molar refractivity (Wildman–Crippen MR) is 84.7 cm³/mol. The second kappa shape index (κ2) is 6.58. The van der Waals surface area contributed by atoms with E-state index in [0.29, 0.717) is 12.8 Å². The molecule has 0 aliphatic heterocycles. The van der Waals surface area contributed by atoms with Crippen molar-refractivity contribution in [2.24, 2.45) is 17.3 Å². The normalized spacial score (nSPS) is 27.0. The monoisotopic (exact) mass is 292 g/mol. The number of nitrogens with zero attached hydrogens (tertiary/aromatic N) is 2. The lowest BCUT2D eigenvalue weighted by molar-refractivity contribution is -0.112. The Balaban J connectivity index is 2.64. The van der Waals surface area contributed by atoms with E-state index in [2.05, 4.69) is 18.7 Å². The standard InChI is InChI=1S/C19H20N2O/c1-3-15-8-9-16(11-22)18(19(10-15,12-20)13-21)17-7-5-4-6-14(17)2/h3-7,11,15-16,18H,1,8-10H2,2H3/t15-,16-,18+/m1/s1. The average molecular weight is 292 g/mol. The zero-order valence-electron chi connectivity index (χ0n) is 12.8. The van der Waals surface area contributed by atoms with Crippen LogP contribution in [0.1, 0.15) is 36.3 Å². The van der Waals surface area contributed by atoms with Crippen molar-refractivity contribution in [3.63, 3.8) is 0 Å². The van der Waals surface area contributed by atoms with Crippen molar-refractivity contribution in [1.82, 2.24) is 0 Å². The zero-order valence-corrected chi connectivity index (χ0v) is 12.8. The van der Waals surface area contributed by atoms with Gasteiger partial charge < -0.3 is 4.79 Å². The Morgan fingerprint density at radius 2 is 1.95 bits per heavy atom. The third-order valence-electron chi connectivity index (χ3n) is 4.84. The summed E-state index contributed by atoms with van der Waals surface area (Å²) in [6, 6.07) is 12.2. The average Bonchev–Trinajstić information content (AvgIpc) is 2.72. The fourth-order valence-electron chi connectivity index (χ4n) is 3.62. The largest absolute Gasteiger partial charge is 0.303 e. The highest BCUT2D eigenvalue weighted by atomic mass is 16.1. The molecule has 3 nitrogen and oxygen atoms in total. The van der Waals surface area contributed by atoms with Crippen molar-refractivity contribution in [3.05, 3.63) is 48.0 Å². The van der Waals surface area contributed by atoms with Crippen LogP contribution in [-0.2, 0) is 4.79 Å². The number of aryl methyl sites for hydroxylation is 1. The van der Waals surface area contributed by atoms with Gasteiger partial charge in [-0.25, -0.2) is 0 Å². The number of allylic oxidation sites excluding steroid dienone is 1. The Bertz CT molecular complexity index is 636. The topological polar surface area (TPSA) is 64.7 Å². The number of nitriles is 2. The van der Waals surface area contributed by atoms with Crippen LogP contribution in [0.15, 0.2) is 36.9 Å². The molecule has 0 unspecified atom stereocenters. The van der Waals surface area contributed by atoms with Gasteiger partial charge in [-0.2, -0.15) is 10.5 Å². The van der Waals surface area contributed by atoms with Crippen molar-refractivity contribution in [2.75, 3.05) is 0 Å². The number of carbonyl (C=O) groups is 1. The van der Waals surface area contributed by atoms with Crippen LogP contribution in [0.25, 0.3) is 0 Å². The molecule has 1 aliphatic rings. The van der Waals surface area contributed by atoms with E-state index in [4.69, 9.17) is 0 Å². The summed E-state index contributed by atoms with van der Waals surface area (Å²) in [5, 5.41) is 19.6. The first-order valence-electron chi connectivity index (χ1n) is 7.57. The molecule has 22 heavy (non-hydrogen) atoms. The van der Waals surface area contributed by atoms with Crippen LogP contribution in [0.4, 0.5) is 0 Å². The SMILES string of the molecule is C=C[C@@H]1CC[C@H](C=O)[C@@H](c2ccccc2C)C(C#N)(C#N)C1. The summed E-state index contributed by atoms with van der Waals surface area (Å²) in [6.45, 7) is 5.78. The molecule has 0 heterocycles. The second-order valence-corrected chi connectivity index (χ2v) is 6.11. The third-order valence-corrected chi connectivity index (χ3v) is 4.84. The molecule has 1 aromatic carbocycles. The molecule has 0 saturated heterocycles. The van der Waals surface area contributed by atoms with Gasteiger partial charge in [-0.15, -0.1) is 6.58 Å². The van der Waals surface area contributed by atoms with Crippen LogP contribution in [0.3, 0.4) is 0 Å². The van der Waals surface area contributed by atoms with E-state index in [9.17, 15) is 15.3 Å². The fraction of sp³-hybridized carbons (Fsp3) is 0.421. The number of carbonyl (C=O) groups excluding carboxylic acids is 1. The summed E-state index contributed by atoms with van der Waals surface area (Å²) in [6.07, 6.45) is 4.65. The van der Waals surface area contributed by atoms with Crippen molar-refractivity contribution >= 4 is 6.29 Å². The lowest BCUT2D eigenvalue weighted by Crippen LogP contribution is -2.32. The van der Waals surface area contributed by atoms with E-state index in [-0.39, 0.29) is 17.8 Å². The molecule has 1 aromatic rings. The maximum absolute atomic E-state index is 11.7. The van der Waals surface area contributed by atoms with Gasteiger partial charge in [-0.3, -0.25) is 0 Å². The highest BCUT2D eigenvalue weighted by molar-refractivity contribution is 5.58. The Labute approximate surface area is 131 Å². The van der Waals surface area contributed by atoms with E-state index >= 15 is 0 Å². The highest BCUT2D eigenvalue weighted by Crippen LogP contribution is 2.50. The maximum Gasteiger partial charge on any atom is 0.151 e. The van der Waals surface area contributed by atoms with Gasteiger partial charge in [-0.1, -0.05) is 30.3 Å². The number of aldehydes is 1. The summed E-state index contributed by atoms with van der Waals surface area (Å²) in [5.74, 6) is -0.604. The van der Waals surface area contributed by atoms with Gasteiger partial charge in [0.2, 0.25) is 0 Å². The van der Waals surface area contributed by atoms with E-state index in [1.54, 1.807) is 0 Å². The molecule has 2 rings (SSSR count). The number of hydrogen-bond acceptors (Lipinski definition) is 3. The summed E-state index contributed by atoms with van der Waals surface area (Å²) >= 11 is 0. The first-order valence-corrected chi connectivity index (χ1v) is 7.57. The van der Waals surface area contributed by atoms with Crippen molar-refractivity contribution in [3.8, 4) is 12.1 Å². The van der Waals surface area contributed by atoms with E-state index in [1.807, 2.05) is 37.3 Å². The third kappa shape index (κ3) is 2.68. The predicted octanol–water partition coefficient (Wildman–Crippen LogP) is 3.91. The Morgan fingerprint density at radius 1 is 1.27 bits per heavy atom. The van der Waals surface area contributed by atoms with Gasteiger partial charge in [0.1, 0.15) is 6.29 Å². The maximum atomic E-state index is 11.7. The van der Waals surface area contributed by atoms with Gasteiger partial charge in [-0.05, 0) is 43.2 Å². The molecule has 1 saturated carbocycles. The van der Waals surface area contributed by atoms with Crippen LogP contribution in [0.5, 0.6) is 0 Å². The van der Waals surface area contributed by atoms with Crippen LogP contribution in [0, 0.1) is 46.8 Å². The fourth-order valence-corrected chi connectivity index (χ4v) is 3.62. The van der Waals surface area contributed by atoms with Gasteiger partial charge in [0.05, 0.1) is 12.1 Å². The van der Waals surface area contributed by atoms with Crippen LogP contribution in [-0.4, -0.2) is 6.29 Å². The van der Waals surface area contributed by atoms with Crippen molar-refractivity contribution in [1.29, 1.82) is 10.5 Å². The Kier molecular flexibility index (Phi) is 4.78. The number of benzene rings is 1. The second-order valence-electron chi connectivity index (χ2n) is 6.11. The molecule has 0 radical (unpaired) electrons. The Hall–Kier alpha value is -2.39. The summed E-state index contributed by atoms with van der Waals surface area (Å²) in [5.41, 5.74) is 0.770. The molecule has 0 amide bonds. The smallest absolute Gasteiger partial charge is 0.151 e. The molecule has 3 atom stereocenters. The van der Waals surface area contributed by atoms with Gasteiger partial charge in [0.15, 0.2) is 5.41 Å². The summed E-state index contributed by atoms with van der Waals surface area (Å²) in [7, 11) is 0. The summed E-state index contributed by atoms with van der Waals surface area (Å²) < 4.78 is 0. The molecule has 1 aliphatic carbocycles.